The first-order chi connectivity index (χ1) is 9.16. The van der Waals surface area contributed by atoms with Gasteiger partial charge in [0.25, 0.3) is 5.91 Å². The Kier molecular flexibility index (Phi) is 4.59. The molecular formula is C12H15ClN4O2. The van der Waals surface area contributed by atoms with Crippen LogP contribution < -0.4 is 16.5 Å². The average Bonchev–Trinajstić information content (AvgIpc) is 2.91. The molecule has 1 aliphatic heterocycles. The van der Waals surface area contributed by atoms with Crippen molar-refractivity contribution < 1.29 is 9.63 Å². The molecule has 1 amide bonds. The molecule has 0 bridgehead atoms. The molecule has 19 heavy (non-hydrogen) atoms. The van der Waals surface area contributed by atoms with Gasteiger partial charge in [-0.3, -0.25) is 14.6 Å². The highest BCUT2D eigenvalue weighted by atomic mass is 35.5. The van der Waals surface area contributed by atoms with Crippen LogP contribution >= 0.6 is 11.6 Å². The second kappa shape index (κ2) is 6.40. The summed E-state index contributed by atoms with van der Waals surface area (Å²) < 4.78 is 0. The number of nitrogens with zero attached hydrogens (tertiary/aromatic N) is 1. The van der Waals surface area contributed by atoms with E-state index in [1.165, 1.54) is 6.07 Å². The first kappa shape index (κ1) is 13.6. The minimum atomic E-state index is -0.358. The molecule has 102 valence electrons. The van der Waals surface area contributed by atoms with E-state index >= 15 is 0 Å². The maximum Gasteiger partial charge on any atom is 0.274 e. The molecule has 0 radical (unpaired) electrons. The van der Waals surface area contributed by atoms with Crippen LogP contribution in [-0.2, 0) is 4.84 Å². The summed E-state index contributed by atoms with van der Waals surface area (Å²) in [6.45, 7) is 2.03. The molecule has 0 unspecified atom stereocenters. The zero-order valence-corrected chi connectivity index (χ0v) is 11.0. The third-order valence-electron chi connectivity index (χ3n) is 2.61. The van der Waals surface area contributed by atoms with Crippen molar-refractivity contribution in [2.75, 3.05) is 25.4 Å². The Morgan fingerprint density at radius 1 is 1.58 bits per heavy atom. The molecule has 1 aromatic carbocycles. The monoisotopic (exact) mass is 282 g/mol. The lowest BCUT2D eigenvalue weighted by molar-refractivity contribution is 0.0338. The molecule has 0 spiro atoms. The molecule has 4 N–H and O–H groups in total. The van der Waals surface area contributed by atoms with Crippen molar-refractivity contribution in [1.82, 2.24) is 10.8 Å². The summed E-state index contributed by atoms with van der Waals surface area (Å²) in [6.07, 6.45) is 0.642. The summed E-state index contributed by atoms with van der Waals surface area (Å²) in [5.41, 5.74) is 8.75. The Balaban J connectivity index is 1.75. The highest BCUT2D eigenvalue weighted by molar-refractivity contribution is 6.33. The summed E-state index contributed by atoms with van der Waals surface area (Å²) >= 11 is 5.84. The number of benzene rings is 1. The van der Waals surface area contributed by atoms with Crippen molar-refractivity contribution in [3.8, 4) is 0 Å². The largest absolute Gasteiger partial charge is 0.398 e. The Hall–Kier alpha value is -1.79. The minimum Gasteiger partial charge on any atom is -0.398 e. The van der Waals surface area contributed by atoms with Crippen LogP contribution in [0.3, 0.4) is 0 Å². The number of amides is 1. The summed E-state index contributed by atoms with van der Waals surface area (Å²) in [7, 11) is 0. The van der Waals surface area contributed by atoms with Crippen molar-refractivity contribution in [3.05, 3.63) is 28.8 Å². The molecule has 0 saturated heterocycles. The van der Waals surface area contributed by atoms with Gasteiger partial charge in [-0.05, 0) is 18.2 Å². The Labute approximate surface area is 115 Å². The van der Waals surface area contributed by atoms with E-state index in [1.807, 2.05) is 0 Å². The topological polar surface area (TPSA) is 88.7 Å². The lowest BCUT2D eigenvalue weighted by Gasteiger charge is -2.07. The number of nitrogen functional groups attached to an aromatic ring is 1. The van der Waals surface area contributed by atoms with Gasteiger partial charge < -0.3 is 11.1 Å². The fourth-order valence-corrected chi connectivity index (χ4v) is 1.79. The number of amidine groups is 1. The van der Waals surface area contributed by atoms with Crippen molar-refractivity contribution in [3.63, 3.8) is 0 Å². The minimum absolute atomic E-state index is 0.345. The van der Waals surface area contributed by atoms with Gasteiger partial charge in [0.2, 0.25) is 0 Å². The molecular weight excluding hydrogens is 268 g/mol. The standard InChI is InChI=1S/C12H15ClN4O2/c13-9-7-8(1-2-10(9)14)12(18)17-19-6-3-11-15-4-5-16-11/h1-2,7H,3-6,14H2,(H,15,16)(H,17,18). The number of nitrogens with one attached hydrogen (secondary N) is 2. The molecule has 6 nitrogen and oxygen atoms in total. The van der Waals surface area contributed by atoms with Crippen molar-refractivity contribution >= 4 is 29.0 Å². The number of carbonyl (C=O) groups excluding carboxylic acids is 1. The first-order valence-corrected chi connectivity index (χ1v) is 6.29. The molecule has 1 aliphatic rings. The van der Waals surface area contributed by atoms with E-state index < -0.39 is 0 Å². The van der Waals surface area contributed by atoms with Gasteiger partial charge in [0.15, 0.2) is 0 Å². The highest BCUT2D eigenvalue weighted by Gasteiger charge is 2.08. The normalized spacial score (nSPS) is 13.8. The molecule has 7 heteroatoms. The van der Waals surface area contributed by atoms with Crippen molar-refractivity contribution in [1.29, 1.82) is 0 Å². The van der Waals surface area contributed by atoms with Gasteiger partial charge in [-0.15, -0.1) is 0 Å². The van der Waals surface area contributed by atoms with Crippen molar-refractivity contribution in [2.45, 2.75) is 6.42 Å². The Morgan fingerprint density at radius 2 is 2.42 bits per heavy atom. The van der Waals surface area contributed by atoms with Crippen LogP contribution in [0.4, 0.5) is 5.69 Å². The predicted molar refractivity (Wildman–Crippen MR) is 74.2 cm³/mol. The van der Waals surface area contributed by atoms with E-state index in [9.17, 15) is 4.79 Å². The molecule has 1 aromatic rings. The van der Waals surface area contributed by atoms with Crippen molar-refractivity contribution in [2.24, 2.45) is 4.99 Å². The average molecular weight is 283 g/mol. The summed E-state index contributed by atoms with van der Waals surface area (Å²) in [5.74, 6) is 0.549. The van der Waals surface area contributed by atoms with E-state index in [4.69, 9.17) is 22.2 Å². The number of rotatable bonds is 5. The molecule has 0 aliphatic carbocycles. The van der Waals surface area contributed by atoms with E-state index in [0.29, 0.717) is 29.3 Å². The number of hydrogen-bond acceptors (Lipinski definition) is 5. The fourth-order valence-electron chi connectivity index (χ4n) is 1.61. The highest BCUT2D eigenvalue weighted by Crippen LogP contribution is 2.19. The summed E-state index contributed by atoms with van der Waals surface area (Å²) in [4.78, 5) is 21.0. The molecule has 1 heterocycles. The van der Waals surface area contributed by atoms with Crippen LogP contribution in [0.25, 0.3) is 0 Å². The van der Waals surface area contributed by atoms with Crippen LogP contribution in [0.2, 0.25) is 5.02 Å². The lowest BCUT2D eigenvalue weighted by Crippen LogP contribution is -2.26. The maximum atomic E-state index is 11.7. The van der Waals surface area contributed by atoms with E-state index in [2.05, 4.69) is 15.8 Å². The van der Waals surface area contributed by atoms with Gasteiger partial charge in [-0.1, -0.05) is 11.6 Å². The maximum absolute atomic E-state index is 11.7. The number of carbonyl (C=O) groups is 1. The second-order valence-corrected chi connectivity index (χ2v) is 4.43. The molecule has 0 fully saturated rings. The van der Waals surface area contributed by atoms with Gasteiger partial charge in [0.05, 0.1) is 29.7 Å². The van der Waals surface area contributed by atoms with E-state index in [-0.39, 0.29) is 5.91 Å². The van der Waals surface area contributed by atoms with Crippen LogP contribution in [0.1, 0.15) is 16.8 Å². The number of hydrogen-bond donors (Lipinski definition) is 3. The van der Waals surface area contributed by atoms with Crippen LogP contribution in [0.15, 0.2) is 23.2 Å². The lowest BCUT2D eigenvalue weighted by atomic mass is 10.2. The number of halogens is 1. The summed E-state index contributed by atoms with van der Waals surface area (Å²) in [6, 6.07) is 4.66. The van der Waals surface area contributed by atoms with Gasteiger partial charge in [-0.2, -0.15) is 0 Å². The summed E-state index contributed by atoms with van der Waals surface area (Å²) in [5, 5.41) is 3.46. The van der Waals surface area contributed by atoms with Gasteiger partial charge in [0.1, 0.15) is 0 Å². The number of aliphatic imine (C=N–C) groups is 1. The number of hydroxylamine groups is 1. The smallest absolute Gasteiger partial charge is 0.274 e. The van der Waals surface area contributed by atoms with Crippen LogP contribution in [-0.4, -0.2) is 31.4 Å². The zero-order valence-electron chi connectivity index (χ0n) is 10.3. The Bertz CT molecular complexity index is 505. The molecule has 0 saturated carbocycles. The predicted octanol–water partition coefficient (Wildman–Crippen LogP) is 0.975. The van der Waals surface area contributed by atoms with Crippen LogP contribution in [0.5, 0.6) is 0 Å². The number of nitrogens with two attached hydrogens (primary N) is 1. The Morgan fingerprint density at radius 3 is 3.11 bits per heavy atom. The zero-order chi connectivity index (χ0) is 13.7. The molecule has 2 rings (SSSR count). The van der Waals surface area contributed by atoms with Gasteiger partial charge in [0, 0.05) is 18.5 Å². The van der Waals surface area contributed by atoms with E-state index in [0.717, 1.165) is 18.9 Å². The molecule has 0 aromatic heterocycles. The van der Waals surface area contributed by atoms with Gasteiger partial charge in [-0.25, -0.2) is 5.48 Å². The second-order valence-electron chi connectivity index (χ2n) is 4.02. The fraction of sp³-hybridized carbons (Fsp3) is 0.333. The third-order valence-corrected chi connectivity index (χ3v) is 2.94. The van der Waals surface area contributed by atoms with E-state index in [1.54, 1.807) is 12.1 Å². The van der Waals surface area contributed by atoms with Gasteiger partial charge >= 0.3 is 0 Å². The van der Waals surface area contributed by atoms with Crippen LogP contribution in [0, 0.1) is 0 Å². The number of anilines is 1. The SMILES string of the molecule is Nc1ccc(C(=O)NOCCC2=NCCN2)cc1Cl. The first-order valence-electron chi connectivity index (χ1n) is 5.91. The molecule has 0 atom stereocenters. The quantitative estimate of drug-likeness (QED) is 0.427. The third kappa shape index (κ3) is 3.84.